The number of fused-ring (bicyclic) bond motifs is 2. The molecule has 2 fully saturated rings. The molecule has 0 amide bonds. The van der Waals surface area contributed by atoms with Crippen molar-refractivity contribution in [1.29, 1.82) is 0 Å². The standard InChI is InChI=1S/C10H18O4/c1-8(2)7-4-5-9(8,3)10(6-7,13-11)14-12/h7,11-12H,4-6H2,1-3H3/t7-,9-/m1/s1. The molecule has 2 N–H and O–H groups in total. The van der Waals surface area contributed by atoms with E-state index in [1.54, 1.807) is 0 Å². The summed E-state index contributed by atoms with van der Waals surface area (Å²) in [5, 5.41) is 17.9. The lowest BCUT2D eigenvalue weighted by Gasteiger charge is -2.43. The van der Waals surface area contributed by atoms with Crippen LogP contribution in [0.25, 0.3) is 0 Å². The van der Waals surface area contributed by atoms with Crippen molar-refractivity contribution in [1.82, 2.24) is 0 Å². The first kappa shape index (κ1) is 10.4. The average molecular weight is 202 g/mol. The minimum atomic E-state index is -1.22. The van der Waals surface area contributed by atoms with Gasteiger partial charge in [-0.25, -0.2) is 20.3 Å². The summed E-state index contributed by atoms with van der Waals surface area (Å²) in [5.74, 6) is -0.786. The first-order valence-corrected chi connectivity index (χ1v) is 5.09. The summed E-state index contributed by atoms with van der Waals surface area (Å²) in [4.78, 5) is 8.90. The molecule has 2 rings (SSSR count). The Balaban J connectivity index is 2.44. The van der Waals surface area contributed by atoms with Crippen LogP contribution in [0.3, 0.4) is 0 Å². The van der Waals surface area contributed by atoms with E-state index in [-0.39, 0.29) is 10.8 Å². The van der Waals surface area contributed by atoms with E-state index >= 15 is 0 Å². The lowest BCUT2D eigenvalue weighted by molar-refractivity contribution is -0.514. The van der Waals surface area contributed by atoms with Crippen LogP contribution in [0.15, 0.2) is 0 Å². The highest BCUT2D eigenvalue weighted by Gasteiger charge is 2.72. The van der Waals surface area contributed by atoms with Gasteiger partial charge >= 0.3 is 0 Å². The van der Waals surface area contributed by atoms with Gasteiger partial charge in [-0.3, -0.25) is 0 Å². The Bertz CT molecular complexity index is 247. The summed E-state index contributed by atoms with van der Waals surface area (Å²) in [5.41, 5.74) is -0.299. The molecule has 0 saturated heterocycles. The van der Waals surface area contributed by atoms with E-state index in [1.807, 2.05) is 6.92 Å². The van der Waals surface area contributed by atoms with Crippen molar-refractivity contribution >= 4 is 0 Å². The highest BCUT2D eigenvalue weighted by Crippen LogP contribution is 2.70. The van der Waals surface area contributed by atoms with E-state index in [4.69, 9.17) is 10.5 Å². The average Bonchev–Trinajstić information content (AvgIpc) is 2.48. The van der Waals surface area contributed by atoms with Crippen molar-refractivity contribution in [3.05, 3.63) is 0 Å². The van der Waals surface area contributed by atoms with Gasteiger partial charge in [-0.15, -0.1) is 0 Å². The third kappa shape index (κ3) is 0.834. The van der Waals surface area contributed by atoms with Crippen molar-refractivity contribution < 1.29 is 20.3 Å². The molecule has 82 valence electrons. The van der Waals surface area contributed by atoms with Gasteiger partial charge in [-0.05, 0) is 24.2 Å². The molecule has 4 heteroatoms. The largest absolute Gasteiger partial charge is 0.249 e. The number of hydrogen-bond donors (Lipinski definition) is 2. The van der Waals surface area contributed by atoms with E-state index < -0.39 is 5.79 Å². The van der Waals surface area contributed by atoms with E-state index in [0.717, 1.165) is 12.8 Å². The molecule has 2 atom stereocenters. The molecule has 2 aliphatic carbocycles. The lowest BCUT2D eigenvalue weighted by Crippen LogP contribution is -2.50. The van der Waals surface area contributed by atoms with Gasteiger partial charge in [0.1, 0.15) is 0 Å². The molecule has 4 nitrogen and oxygen atoms in total. The first-order chi connectivity index (χ1) is 6.43. The van der Waals surface area contributed by atoms with Crippen LogP contribution in [-0.4, -0.2) is 16.3 Å². The highest BCUT2D eigenvalue weighted by atomic mass is 17.2. The monoisotopic (exact) mass is 202 g/mol. The van der Waals surface area contributed by atoms with Crippen LogP contribution < -0.4 is 0 Å². The molecule has 0 spiro atoms. The molecule has 14 heavy (non-hydrogen) atoms. The second-order valence-corrected chi connectivity index (χ2v) is 5.43. The molecule has 2 bridgehead atoms. The maximum absolute atomic E-state index is 8.95. The fourth-order valence-corrected chi connectivity index (χ4v) is 3.48. The summed E-state index contributed by atoms with van der Waals surface area (Å²) < 4.78 is 0. The number of rotatable bonds is 2. The molecule has 0 aliphatic heterocycles. The van der Waals surface area contributed by atoms with Gasteiger partial charge in [0.05, 0.1) is 0 Å². The summed E-state index contributed by atoms with van der Waals surface area (Å²) in [6, 6.07) is 0. The zero-order chi connectivity index (χ0) is 10.6. The highest BCUT2D eigenvalue weighted by molar-refractivity contribution is 5.14. The Morgan fingerprint density at radius 2 is 1.71 bits per heavy atom. The summed E-state index contributed by atoms with van der Waals surface area (Å²) >= 11 is 0. The third-order valence-electron chi connectivity index (χ3n) is 5.09. The predicted molar refractivity (Wildman–Crippen MR) is 49.4 cm³/mol. The Morgan fingerprint density at radius 3 is 1.93 bits per heavy atom. The molecule has 0 aromatic heterocycles. The zero-order valence-corrected chi connectivity index (χ0v) is 8.91. The van der Waals surface area contributed by atoms with Crippen LogP contribution >= 0.6 is 0 Å². The van der Waals surface area contributed by atoms with Gasteiger partial charge in [-0.1, -0.05) is 20.8 Å². The van der Waals surface area contributed by atoms with E-state index in [2.05, 4.69) is 23.6 Å². The fraction of sp³-hybridized carbons (Fsp3) is 1.00. The Hall–Kier alpha value is -0.160. The van der Waals surface area contributed by atoms with Crippen molar-refractivity contribution in [3.8, 4) is 0 Å². The quantitative estimate of drug-likeness (QED) is 0.410. The van der Waals surface area contributed by atoms with E-state index in [1.165, 1.54) is 0 Å². The smallest absolute Gasteiger partial charge is 0.239 e. The molecular formula is C10H18O4. The van der Waals surface area contributed by atoms with Gasteiger partial charge in [0, 0.05) is 11.8 Å². The lowest BCUT2D eigenvalue weighted by atomic mass is 9.68. The first-order valence-electron chi connectivity index (χ1n) is 5.09. The van der Waals surface area contributed by atoms with Crippen LogP contribution in [-0.2, 0) is 9.78 Å². The van der Waals surface area contributed by atoms with E-state index in [0.29, 0.717) is 12.3 Å². The summed E-state index contributed by atoms with van der Waals surface area (Å²) in [6.45, 7) is 6.29. The predicted octanol–water partition coefficient (Wildman–Crippen LogP) is 2.51. The Morgan fingerprint density at radius 1 is 1.14 bits per heavy atom. The normalized spacial score (nSPS) is 43.1. The molecule has 2 aliphatic rings. The van der Waals surface area contributed by atoms with Crippen LogP contribution in [0.5, 0.6) is 0 Å². The van der Waals surface area contributed by atoms with Crippen molar-refractivity contribution in [3.63, 3.8) is 0 Å². The molecule has 0 heterocycles. The molecule has 0 aromatic rings. The van der Waals surface area contributed by atoms with Gasteiger partial charge in [0.15, 0.2) is 0 Å². The second kappa shape index (κ2) is 2.70. The van der Waals surface area contributed by atoms with Crippen LogP contribution in [0.4, 0.5) is 0 Å². The molecule has 0 radical (unpaired) electrons. The minimum absolute atomic E-state index is 0.0263. The van der Waals surface area contributed by atoms with Crippen LogP contribution in [0.1, 0.15) is 40.0 Å². The minimum Gasteiger partial charge on any atom is -0.249 e. The van der Waals surface area contributed by atoms with Crippen molar-refractivity contribution in [2.45, 2.75) is 45.8 Å². The molecule has 0 unspecified atom stereocenters. The van der Waals surface area contributed by atoms with Gasteiger partial charge in [0.25, 0.3) is 0 Å². The molecule has 0 aromatic carbocycles. The van der Waals surface area contributed by atoms with Crippen molar-refractivity contribution in [2.24, 2.45) is 16.7 Å². The SMILES string of the molecule is CC1(C)[C@@H]2CC[C@@]1(C)C(OO)(OO)C2. The maximum Gasteiger partial charge on any atom is 0.239 e. The summed E-state index contributed by atoms with van der Waals surface area (Å²) in [7, 11) is 0. The number of hydrogen-bond acceptors (Lipinski definition) is 4. The third-order valence-corrected chi connectivity index (χ3v) is 5.09. The van der Waals surface area contributed by atoms with Gasteiger partial charge in [0.2, 0.25) is 5.79 Å². The van der Waals surface area contributed by atoms with Gasteiger partial charge < -0.3 is 0 Å². The second-order valence-electron chi connectivity index (χ2n) is 5.43. The fourth-order valence-electron chi connectivity index (χ4n) is 3.48. The topological polar surface area (TPSA) is 58.9 Å². The Kier molecular flexibility index (Phi) is 2.00. The van der Waals surface area contributed by atoms with Crippen molar-refractivity contribution in [2.75, 3.05) is 0 Å². The van der Waals surface area contributed by atoms with Gasteiger partial charge in [-0.2, -0.15) is 0 Å². The molecular weight excluding hydrogens is 184 g/mol. The maximum atomic E-state index is 8.95. The summed E-state index contributed by atoms with van der Waals surface area (Å²) in [6.07, 6.45) is 2.58. The van der Waals surface area contributed by atoms with Crippen LogP contribution in [0.2, 0.25) is 0 Å². The Labute approximate surface area is 83.7 Å². The van der Waals surface area contributed by atoms with E-state index in [9.17, 15) is 0 Å². The zero-order valence-electron chi connectivity index (χ0n) is 8.91. The van der Waals surface area contributed by atoms with Crippen LogP contribution in [0, 0.1) is 16.7 Å². The molecule has 2 saturated carbocycles.